The van der Waals surface area contributed by atoms with E-state index in [4.69, 9.17) is 4.42 Å². The molecular formula is C24H30O2. The van der Waals surface area contributed by atoms with E-state index >= 15 is 0 Å². The highest BCUT2D eigenvalue weighted by Gasteiger charge is 2.28. The summed E-state index contributed by atoms with van der Waals surface area (Å²) in [5, 5.41) is 11.7. The second-order valence-corrected chi connectivity index (χ2v) is 9.43. The maximum absolute atomic E-state index is 10.7. The molecule has 0 fully saturated rings. The summed E-state index contributed by atoms with van der Waals surface area (Å²) in [6.07, 6.45) is 0. The average molecular weight is 351 g/mol. The number of benzene rings is 2. The van der Waals surface area contributed by atoms with Gasteiger partial charge in [0.15, 0.2) is 0 Å². The lowest BCUT2D eigenvalue weighted by Gasteiger charge is -2.25. The Morgan fingerprint density at radius 1 is 0.885 bits per heavy atom. The normalized spacial score (nSPS) is 12.8. The summed E-state index contributed by atoms with van der Waals surface area (Å²) in [6, 6.07) is 10.6. The predicted octanol–water partition coefficient (Wildman–Crippen LogP) is 7.02. The molecule has 0 unspecified atom stereocenters. The molecule has 3 rings (SSSR count). The number of furan rings is 1. The molecule has 0 saturated carbocycles. The second-order valence-electron chi connectivity index (χ2n) is 9.43. The Hall–Kier alpha value is -2.22. The van der Waals surface area contributed by atoms with Crippen LogP contribution in [-0.2, 0) is 10.8 Å². The SMILES string of the molecule is Cc1cccc(-c2c(O)oc3c(C(C)(C)C)cc(C(C)(C)C)cc23)c1C. The average Bonchev–Trinajstić information content (AvgIpc) is 2.83. The molecule has 26 heavy (non-hydrogen) atoms. The smallest absolute Gasteiger partial charge is 0.291 e. The van der Waals surface area contributed by atoms with Gasteiger partial charge in [0.05, 0.1) is 5.56 Å². The molecule has 0 atom stereocenters. The van der Waals surface area contributed by atoms with Crippen molar-refractivity contribution in [3.05, 3.63) is 52.6 Å². The zero-order valence-electron chi connectivity index (χ0n) is 17.2. The molecule has 0 aliphatic heterocycles. The topological polar surface area (TPSA) is 33.4 Å². The summed E-state index contributed by atoms with van der Waals surface area (Å²) in [4.78, 5) is 0. The van der Waals surface area contributed by atoms with Crippen molar-refractivity contribution in [1.29, 1.82) is 0 Å². The van der Waals surface area contributed by atoms with Crippen LogP contribution in [0.25, 0.3) is 22.1 Å². The van der Waals surface area contributed by atoms with Gasteiger partial charge in [-0.3, -0.25) is 0 Å². The molecule has 0 bridgehead atoms. The Kier molecular flexibility index (Phi) is 4.22. The highest BCUT2D eigenvalue weighted by molar-refractivity contribution is 6.00. The van der Waals surface area contributed by atoms with Crippen molar-refractivity contribution in [2.45, 2.75) is 66.2 Å². The van der Waals surface area contributed by atoms with Gasteiger partial charge in [0.25, 0.3) is 5.95 Å². The summed E-state index contributed by atoms with van der Waals surface area (Å²) in [5.41, 5.74) is 7.32. The fourth-order valence-corrected chi connectivity index (χ4v) is 3.46. The Morgan fingerprint density at radius 3 is 2.12 bits per heavy atom. The summed E-state index contributed by atoms with van der Waals surface area (Å²) >= 11 is 0. The lowest BCUT2D eigenvalue weighted by Crippen LogP contribution is -2.16. The fraction of sp³-hybridized carbons (Fsp3) is 0.417. The summed E-state index contributed by atoms with van der Waals surface area (Å²) < 4.78 is 5.93. The maximum atomic E-state index is 10.7. The van der Waals surface area contributed by atoms with E-state index in [0.717, 1.165) is 27.7 Å². The van der Waals surface area contributed by atoms with E-state index < -0.39 is 0 Å². The van der Waals surface area contributed by atoms with E-state index in [0.29, 0.717) is 0 Å². The van der Waals surface area contributed by atoms with E-state index in [2.05, 4.69) is 79.7 Å². The summed E-state index contributed by atoms with van der Waals surface area (Å²) in [7, 11) is 0. The first-order chi connectivity index (χ1) is 11.9. The third-order valence-corrected chi connectivity index (χ3v) is 5.32. The van der Waals surface area contributed by atoms with E-state index in [-0.39, 0.29) is 16.8 Å². The largest absolute Gasteiger partial charge is 0.480 e. The third kappa shape index (κ3) is 3.02. The number of fused-ring (bicyclic) bond motifs is 1. The second kappa shape index (κ2) is 5.90. The van der Waals surface area contributed by atoms with Gasteiger partial charge in [-0.25, -0.2) is 0 Å². The Balaban J connectivity index is 2.46. The quantitative estimate of drug-likeness (QED) is 0.511. The Bertz CT molecular complexity index is 976. The van der Waals surface area contributed by atoms with E-state index in [9.17, 15) is 5.11 Å². The molecule has 0 amide bonds. The maximum Gasteiger partial charge on any atom is 0.291 e. The number of hydrogen-bond acceptors (Lipinski definition) is 2. The number of rotatable bonds is 1. The van der Waals surface area contributed by atoms with Crippen LogP contribution < -0.4 is 0 Å². The minimum atomic E-state index is -0.0806. The van der Waals surface area contributed by atoms with Gasteiger partial charge in [-0.15, -0.1) is 0 Å². The zero-order chi connectivity index (χ0) is 19.4. The molecule has 1 N–H and O–H groups in total. The van der Waals surface area contributed by atoms with Crippen LogP contribution >= 0.6 is 0 Å². The van der Waals surface area contributed by atoms with Crippen molar-refractivity contribution in [1.82, 2.24) is 0 Å². The molecule has 0 spiro atoms. The van der Waals surface area contributed by atoms with Gasteiger partial charge in [0.1, 0.15) is 5.58 Å². The molecule has 0 saturated heterocycles. The van der Waals surface area contributed by atoms with E-state index in [1.165, 1.54) is 16.7 Å². The molecule has 0 radical (unpaired) electrons. The lowest BCUT2D eigenvalue weighted by atomic mass is 9.79. The van der Waals surface area contributed by atoms with Crippen LogP contribution in [0.5, 0.6) is 5.95 Å². The van der Waals surface area contributed by atoms with Gasteiger partial charge < -0.3 is 9.52 Å². The first kappa shape index (κ1) is 18.6. The van der Waals surface area contributed by atoms with Gasteiger partial charge in [-0.2, -0.15) is 0 Å². The molecule has 1 aromatic heterocycles. The number of aromatic hydroxyl groups is 1. The monoisotopic (exact) mass is 350 g/mol. The third-order valence-electron chi connectivity index (χ3n) is 5.32. The number of aryl methyl sites for hydroxylation is 1. The molecule has 138 valence electrons. The molecule has 3 aromatic rings. The number of hydrogen-bond donors (Lipinski definition) is 1. The van der Waals surface area contributed by atoms with Crippen LogP contribution in [0.4, 0.5) is 0 Å². The standard InChI is InChI=1S/C24H30O2/c1-14-10-9-11-17(15(14)2)20-18-12-16(23(3,4)5)13-19(24(6,7)8)21(18)26-22(20)25/h9-13,25H,1-8H3. The first-order valence-electron chi connectivity index (χ1n) is 9.28. The van der Waals surface area contributed by atoms with Crippen LogP contribution in [-0.4, -0.2) is 5.11 Å². The van der Waals surface area contributed by atoms with Crippen molar-refractivity contribution in [2.75, 3.05) is 0 Å². The molecule has 1 heterocycles. The van der Waals surface area contributed by atoms with E-state index in [1.54, 1.807) is 0 Å². The van der Waals surface area contributed by atoms with Crippen LogP contribution in [0.1, 0.15) is 63.8 Å². The van der Waals surface area contributed by atoms with Gasteiger partial charge in [-0.05, 0) is 53.0 Å². The molecule has 0 aliphatic rings. The Morgan fingerprint density at radius 2 is 1.54 bits per heavy atom. The van der Waals surface area contributed by atoms with Crippen molar-refractivity contribution in [2.24, 2.45) is 0 Å². The highest BCUT2D eigenvalue weighted by atomic mass is 16.5. The van der Waals surface area contributed by atoms with Crippen molar-refractivity contribution in [3.8, 4) is 17.1 Å². The highest BCUT2D eigenvalue weighted by Crippen LogP contribution is 2.46. The molecular weight excluding hydrogens is 320 g/mol. The van der Waals surface area contributed by atoms with Crippen molar-refractivity contribution >= 4 is 11.0 Å². The van der Waals surface area contributed by atoms with Crippen molar-refractivity contribution in [3.63, 3.8) is 0 Å². The van der Waals surface area contributed by atoms with Crippen LogP contribution in [0, 0.1) is 13.8 Å². The minimum absolute atomic E-state index is 0.00487. The van der Waals surface area contributed by atoms with Crippen LogP contribution in [0.2, 0.25) is 0 Å². The first-order valence-corrected chi connectivity index (χ1v) is 9.28. The Labute approximate surface area is 156 Å². The van der Waals surface area contributed by atoms with Crippen LogP contribution in [0.15, 0.2) is 34.7 Å². The van der Waals surface area contributed by atoms with Crippen molar-refractivity contribution < 1.29 is 9.52 Å². The molecule has 2 nitrogen and oxygen atoms in total. The van der Waals surface area contributed by atoms with Gasteiger partial charge in [0.2, 0.25) is 0 Å². The molecule has 2 heteroatoms. The van der Waals surface area contributed by atoms with Crippen LogP contribution in [0.3, 0.4) is 0 Å². The fourth-order valence-electron chi connectivity index (χ4n) is 3.46. The van der Waals surface area contributed by atoms with E-state index in [1.807, 2.05) is 6.07 Å². The van der Waals surface area contributed by atoms with Gasteiger partial charge >= 0.3 is 0 Å². The van der Waals surface area contributed by atoms with Gasteiger partial charge in [-0.1, -0.05) is 65.8 Å². The summed E-state index contributed by atoms with van der Waals surface area (Å²) in [6.45, 7) is 17.4. The molecule has 0 aliphatic carbocycles. The van der Waals surface area contributed by atoms with Gasteiger partial charge in [0, 0.05) is 10.9 Å². The minimum Gasteiger partial charge on any atom is -0.480 e. The predicted molar refractivity (Wildman–Crippen MR) is 110 cm³/mol. The lowest BCUT2D eigenvalue weighted by molar-refractivity contribution is 0.346. The zero-order valence-corrected chi connectivity index (χ0v) is 17.2. The summed E-state index contributed by atoms with van der Waals surface area (Å²) in [5.74, 6) is 0.00487. The molecule has 2 aromatic carbocycles.